The van der Waals surface area contributed by atoms with E-state index < -0.39 is 0 Å². The second-order valence-corrected chi connectivity index (χ2v) is 4.68. The summed E-state index contributed by atoms with van der Waals surface area (Å²) in [6.45, 7) is 2.68. The number of hydrogen-bond acceptors (Lipinski definition) is 4. The van der Waals surface area contributed by atoms with Gasteiger partial charge in [0.05, 0.1) is 13.1 Å². The zero-order valence-corrected chi connectivity index (χ0v) is 9.08. The Hall–Kier alpha value is -0.160. The van der Waals surface area contributed by atoms with Crippen molar-refractivity contribution in [1.82, 2.24) is 4.90 Å². The first kappa shape index (κ1) is 10.4. The highest BCUT2D eigenvalue weighted by Crippen LogP contribution is 2.33. The van der Waals surface area contributed by atoms with Gasteiger partial charge < -0.3 is 15.2 Å². The third-order valence-corrected chi connectivity index (χ3v) is 3.56. The van der Waals surface area contributed by atoms with Crippen LogP contribution in [0.2, 0.25) is 0 Å². The Bertz CT molecular complexity index is 204. The average molecular weight is 200 g/mol. The van der Waals surface area contributed by atoms with E-state index in [0.717, 1.165) is 32.5 Å². The van der Waals surface area contributed by atoms with Gasteiger partial charge in [-0.1, -0.05) is 0 Å². The maximum absolute atomic E-state index is 6.16. The van der Waals surface area contributed by atoms with Crippen LogP contribution in [-0.2, 0) is 9.47 Å². The van der Waals surface area contributed by atoms with E-state index in [-0.39, 0.29) is 11.3 Å². The lowest BCUT2D eigenvalue weighted by Gasteiger charge is -2.52. The van der Waals surface area contributed by atoms with Crippen LogP contribution in [0.15, 0.2) is 0 Å². The Morgan fingerprint density at radius 2 is 1.79 bits per heavy atom. The first-order chi connectivity index (χ1) is 6.61. The summed E-state index contributed by atoms with van der Waals surface area (Å²) in [6.07, 6.45) is 3.61. The first-order valence-corrected chi connectivity index (χ1v) is 5.23. The van der Waals surface area contributed by atoms with E-state index in [1.54, 1.807) is 14.2 Å². The minimum atomic E-state index is -0.361. The van der Waals surface area contributed by atoms with Gasteiger partial charge >= 0.3 is 0 Å². The molecule has 0 spiro atoms. The molecule has 0 bridgehead atoms. The molecule has 1 aliphatic carbocycles. The van der Waals surface area contributed by atoms with Gasteiger partial charge in [0.25, 0.3) is 0 Å². The van der Waals surface area contributed by atoms with Gasteiger partial charge in [-0.2, -0.15) is 0 Å². The summed E-state index contributed by atoms with van der Waals surface area (Å²) in [5.74, 6) is -0.361. The molecule has 2 N–H and O–H groups in total. The lowest BCUT2D eigenvalue weighted by molar-refractivity contribution is -0.277. The minimum Gasteiger partial charge on any atom is -0.351 e. The van der Waals surface area contributed by atoms with Crippen LogP contribution in [-0.4, -0.2) is 50.1 Å². The molecule has 1 saturated heterocycles. The van der Waals surface area contributed by atoms with Crippen LogP contribution in [0.1, 0.15) is 19.3 Å². The number of nitrogens with two attached hydrogens (primary N) is 1. The molecule has 0 aromatic rings. The molecule has 4 heteroatoms. The molecule has 1 aliphatic heterocycles. The molecule has 0 unspecified atom stereocenters. The largest absolute Gasteiger partial charge is 0.351 e. The van der Waals surface area contributed by atoms with Crippen molar-refractivity contribution < 1.29 is 9.47 Å². The van der Waals surface area contributed by atoms with Crippen molar-refractivity contribution in [1.29, 1.82) is 0 Å². The van der Waals surface area contributed by atoms with E-state index in [1.165, 1.54) is 6.42 Å². The standard InChI is InChI=1S/C10H20N2O2/c1-13-10(14-2)7-12(8-10)6-9(11)4-3-5-9/h3-8,11H2,1-2H3. The Balaban J connectivity index is 1.77. The van der Waals surface area contributed by atoms with Crippen LogP contribution in [0, 0.1) is 0 Å². The number of methoxy groups -OCH3 is 2. The summed E-state index contributed by atoms with van der Waals surface area (Å²) >= 11 is 0. The lowest BCUT2D eigenvalue weighted by Crippen LogP contribution is -2.68. The Morgan fingerprint density at radius 3 is 2.14 bits per heavy atom. The van der Waals surface area contributed by atoms with Gasteiger partial charge in [-0.15, -0.1) is 0 Å². The fourth-order valence-electron chi connectivity index (χ4n) is 2.32. The van der Waals surface area contributed by atoms with E-state index in [4.69, 9.17) is 15.2 Å². The van der Waals surface area contributed by atoms with E-state index in [1.807, 2.05) is 0 Å². The van der Waals surface area contributed by atoms with Crippen LogP contribution < -0.4 is 5.73 Å². The predicted molar refractivity (Wildman–Crippen MR) is 54.0 cm³/mol. The second-order valence-electron chi connectivity index (χ2n) is 4.68. The van der Waals surface area contributed by atoms with Crippen molar-refractivity contribution in [3.63, 3.8) is 0 Å². The van der Waals surface area contributed by atoms with Crippen molar-refractivity contribution in [3.8, 4) is 0 Å². The van der Waals surface area contributed by atoms with Crippen molar-refractivity contribution >= 4 is 0 Å². The SMILES string of the molecule is COC1(OC)CN(CC2(N)CCC2)C1. The molecular formula is C10H20N2O2. The van der Waals surface area contributed by atoms with Crippen molar-refractivity contribution in [3.05, 3.63) is 0 Å². The fraction of sp³-hybridized carbons (Fsp3) is 1.00. The maximum atomic E-state index is 6.16. The van der Waals surface area contributed by atoms with Crippen molar-refractivity contribution in [2.75, 3.05) is 33.9 Å². The van der Waals surface area contributed by atoms with Crippen molar-refractivity contribution in [2.45, 2.75) is 30.6 Å². The van der Waals surface area contributed by atoms with Gasteiger partial charge in [-0.05, 0) is 19.3 Å². The number of likely N-dealkylation sites (tertiary alicyclic amines) is 1. The van der Waals surface area contributed by atoms with Crippen LogP contribution in [0.25, 0.3) is 0 Å². The van der Waals surface area contributed by atoms with E-state index >= 15 is 0 Å². The Kier molecular flexibility index (Phi) is 2.55. The van der Waals surface area contributed by atoms with Gasteiger partial charge in [0.15, 0.2) is 5.79 Å². The monoisotopic (exact) mass is 200 g/mol. The smallest absolute Gasteiger partial charge is 0.193 e. The lowest BCUT2D eigenvalue weighted by atomic mass is 9.77. The molecule has 2 rings (SSSR count). The first-order valence-electron chi connectivity index (χ1n) is 5.23. The molecule has 0 aromatic carbocycles. The van der Waals surface area contributed by atoms with Gasteiger partial charge in [-0.3, -0.25) is 4.90 Å². The molecule has 0 aromatic heterocycles. The van der Waals surface area contributed by atoms with Crippen LogP contribution in [0.4, 0.5) is 0 Å². The van der Waals surface area contributed by atoms with Crippen LogP contribution >= 0.6 is 0 Å². The maximum Gasteiger partial charge on any atom is 0.193 e. The fourth-order valence-corrected chi connectivity index (χ4v) is 2.32. The Morgan fingerprint density at radius 1 is 1.21 bits per heavy atom. The number of ether oxygens (including phenoxy) is 2. The zero-order valence-electron chi connectivity index (χ0n) is 9.08. The van der Waals surface area contributed by atoms with Crippen molar-refractivity contribution in [2.24, 2.45) is 5.73 Å². The molecule has 0 atom stereocenters. The molecule has 0 radical (unpaired) electrons. The van der Waals surface area contributed by atoms with Gasteiger partial charge in [0, 0.05) is 26.3 Å². The molecule has 2 fully saturated rings. The third-order valence-electron chi connectivity index (χ3n) is 3.56. The number of hydrogen-bond donors (Lipinski definition) is 1. The Labute approximate surface area is 85.3 Å². The molecule has 82 valence electrons. The molecule has 2 aliphatic rings. The third kappa shape index (κ3) is 1.67. The highest BCUT2D eigenvalue weighted by atomic mass is 16.7. The summed E-state index contributed by atoms with van der Waals surface area (Å²) in [4.78, 5) is 2.31. The number of rotatable bonds is 4. The molecule has 14 heavy (non-hydrogen) atoms. The molecule has 1 saturated carbocycles. The summed E-state index contributed by atoms with van der Waals surface area (Å²) in [6, 6.07) is 0. The highest BCUT2D eigenvalue weighted by molar-refractivity contribution is 5.00. The summed E-state index contributed by atoms with van der Waals surface area (Å²) < 4.78 is 10.6. The summed E-state index contributed by atoms with van der Waals surface area (Å²) in [7, 11) is 3.39. The normalized spacial score (nSPS) is 29.4. The quantitative estimate of drug-likeness (QED) is 0.657. The van der Waals surface area contributed by atoms with E-state index in [0.29, 0.717) is 0 Å². The molecule has 1 heterocycles. The highest BCUT2D eigenvalue weighted by Gasteiger charge is 2.47. The predicted octanol–water partition coefficient (Wildman–Crippen LogP) is 0.172. The van der Waals surface area contributed by atoms with Crippen LogP contribution in [0.3, 0.4) is 0 Å². The van der Waals surface area contributed by atoms with Gasteiger partial charge in [0.2, 0.25) is 0 Å². The van der Waals surface area contributed by atoms with Gasteiger partial charge in [0.1, 0.15) is 0 Å². The molecule has 4 nitrogen and oxygen atoms in total. The average Bonchev–Trinajstić information content (AvgIpc) is 2.08. The summed E-state index contributed by atoms with van der Waals surface area (Å²) in [5, 5.41) is 0. The molecule has 0 amide bonds. The van der Waals surface area contributed by atoms with E-state index in [2.05, 4.69) is 4.90 Å². The topological polar surface area (TPSA) is 47.7 Å². The summed E-state index contributed by atoms with van der Waals surface area (Å²) in [5.41, 5.74) is 6.24. The van der Waals surface area contributed by atoms with Gasteiger partial charge in [-0.25, -0.2) is 0 Å². The second kappa shape index (κ2) is 3.45. The number of nitrogens with zero attached hydrogens (tertiary/aromatic N) is 1. The van der Waals surface area contributed by atoms with Crippen LogP contribution in [0.5, 0.6) is 0 Å². The zero-order chi connectivity index (χ0) is 10.2. The molecular weight excluding hydrogens is 180 g/mol. The minimum absolute atomic E-state index is 0.0770. The van der Waals surface area contributed by atoms with E-state index in [9.17, 15) is 0 Å².